The number of ketones is 1. The third kappa shape index (κ3) is 3.21. The fourth-order valence-corrected chi connectivity index (χ4v) is 2.44. The largest absolute Gasteiger partial charge is 0.495 e. The molecule has 0 heterocycles. The van der Waals surface area contributed by atoms with Gasteiger partial charge in [0.05, 0.1) is 12.1 Å². The van der Waals surface area contributed by atoms with Gasteiger partial charge in [-0.3, -0.25) is 4.79 Å². The zero-order chi connectivity index (χ0) is 14.0. The van der Waals surface area contributed by atoms with Crippen LogP contribution < -0.4 is 4.74 Å². The quantitative estimate of drug-likeness (QED) is 0.754. The van der Waals surface area contributed by atoms with Gasteiger partial charge < -0.3 is 4.74 Å². The van der Waals surface area contributed by atoms with Gasteiger partial charge in [0.15, 0.2) is 5.78 Å². The Morgan fingerprint density at radius 1 is 0.947 bits per heavy atom. The topological polar surface area (TPSA) is 26.3 Å². The summed E-state index contributed by atoms with van der Waals surface area (Å²) in [6, 6.07) is 9.53. The first-order valence-electron chi connectivity index (χ1n) is 5.35. The van der Waals surface area contributed by atoms with E-state index in [9.17, 15) is 4.79 Å². The lowest BCUT2D eigenvalue weighted by Gasteiger charge is -2.06. The number of benzene rings is 2. The van der Waals surface area contributed by atoms with Crippen molar-refractivity contribution in [2.45, 2.75) is 0 Å². The molecule has 0 fully saturated rings. The highest BCUT2D eigenvalue weighted by Crippen LogP contribution is 2.27. The van der Waals surface area contributed by atoms with Crippen molar-refractivity contribution in [1.29, 1.82) is 0 Å². The van der Waals surface area contributed by atoms with E-state index >= 15 is 0 Å². The molecule has 0 radical (unpaired) electrons. The van der Waals surface area contributed by atoms with E-state index in [1.165, 1.54) is 7.11 Å². The van der Waals surface area contributed by atoms with E-state index in [-0.39, 0.29) is 5.78 Å². The van der Waals surface area contributed by atoms with Crippen LogP contribution in [0.1, 0.15) is 15.9 Å². The first-order valence-corrected chi connectivity index (χ1v) is 6.49. The summed E-state index contributed by atoms with van der Waals surface area (Å²) in [6.45, 7) is 0. The van der Waals surface area contributed by atoms with Gasteiger partial charge in [0.1, 0.15) is 5.75 Å². The Morgan fingerprint density at radius 2 is 1.58 bits per heavy atom. The Kier molecular flexibility index (Phi) is 4.35. The lowest BCUT2D eigenvalue weighted by molar-refractivity contribution is 0.103. The summed E-state index contributed by atoms with van der Waals surface area (Å²) in [5, 5.41) is 1.20. The number of halogens is 3. The standard InChI is InChI=1S/C14H9Cl3O2/c1-19-13-3-2-8(6-12(13)17)14(18)9-4-10(15)7-11(16)5-9/h2-7H,1H3. The maximum absolute atomic E-state index is 12.3. The van der Waals surface area contributed by atoms with Crippen LogP contribution >= 0.6 is 34.8 Å². The van der Waals surface area contributed by atoms with Crippen LogP contribution in [0.5, 0.6) is 5.75 Å². The van der Waals surface area contributed by atoms with Gasteiger partial charge in [0.25, 0.3) is 0 Å². The Hall–Kier alpha value is -1.22. The number of hydrogen-bond acceptors (Lipinski definition) is 2. The van der Waals surface area contributed by atoms with Gasteiger partial charge >= 0.3 is 0 Å². The van der Waals surface area contributed by atoms with Gasteiger partial charge in [-0.25, -0.2) is 0 Å². The molecule has 2 rings (SSSR count). The molecule has 0 aliphatic rings. The van der Waals surface area contributed by atoms with Crippen LogP contribution in [0.15, 0.2) is 36.4 Å². The number of ether oxygens (including phenoxy) is 1. The lowest BCUT2D eigenvalue weighted by atomic mass is 10.0. The summed E-state index contributed by atoms with van der Waals surface area (Å²) >= 11 is 17.8. The molecule has 0 bridgehead atoms. The Morgan fingerprint density at radius 3 is 2.11 bits per heavy atom. The predicted molar refractivity (Wildman–Crippen MR) is 77.9 cm³/mol. The van der Waals surface area contributed by atoms with E-state index in [2.05, 4.69) is 0 Å². The molecule has 0 amide bonds. The summed E-state index contributed by atoms with van der Waals surface area (Å²) < 4.78 is 5.04. The number of rotatable bonds is 3. The average Bonchev–Trinajstić information content (AvgIpc) is 2.36. The maximum Gasteiger partial charge on any atom is 0.193 e. The number of hydrogen-bond donors (Lipinski definition) is 0. The van der Waals surface area contributed by atoms with Crippen molar-refractivity contribution in [2.24, 2.45) is 0 Å². The Balaban J connectivity index is 2.41. The molecule has 0 N–H and O–H groups in total. The molecular weight excluding hydrogens is 307 g/mol. The van der Waals surface area contributed by atoms with Crippen LogP contribution in [-0.2, 0) is 0 Å². The van der Waals surface area contributed by atoms with Crippen LogP contribution in [0.4, 0.5) is 0 Å². The smallest absolute Gasteiger partial charge is 0.193 e. The highest BCUT2D eigenvalue weighted by molar-refractivity contribution is 6.35. The van der Waals surface area contributed by atoms with Gasteiger partial charge in [0, 0.05) is 21.2 Å². The van der Waals surface area contributed by atoms with Crippen molar-refractivity contribution >= 4 is 40.6 Å². The normalized spacial score (nSPS) is 10.3. The summed E-state index contributed by atoms with van der Waals surface area (Å²) in [4.78, 5) is 12.3. The minimum Gasteiger partial charge on any atom is -0.495 e. The van der Waals surface area contributed by atoms with Crippen LogP contribution in [-0.4, -0.2) is 12.9 Å². The highest BCUT2D eigenvalue weighted by Gasteiger charge is 2.13. The van der Waals surface area contributed by atoms with Gasteiger partial charge in [-0.2, -0.15) is 0 Å². The van der Waals surface area contributed by atoms with Crippen molar-refractivity contribution in [3.63, 3.8) is 0 Å². The van der Waals surface area contributed by atoms with Gasteiger partial charge in [-0.1, -0.05) is 34.8 Å². The summed E-state index contributed by atoms with van der Waals surface area (Å²) in [7, 11) is 1.51. The van der Waals surface area contributed by atoms with Crippen molar-refractivity contribution in [3.05, 3.63) is 62.6 Å². The van der Waals surface area contributed by atoms with E-state index < -0.39 is 0 Å². The second kappa shape index (κ2) is 5.83. The summed E-state index contributed by atoms with van der Waals surface area (Å²) in [6.07, 6.45) is 0. The maximum atomic E-state index is 12.3. The molecule has 0 spiro atoms. The van der Waals surface area contributed by atoms with Gasteiger partial charge in [-0.05, 0) is 36.4 Å². The second-order valence-electron chi connectivity index (χ2n) is 3.84. The van der Waals surface area contributed by atoms with E-state index in [1.807, 2.05) is 0 Å². The van der Waals surface area contributed by atoms with E-state index in [1.54, 1.807) is 36.4 Å². The first-order chi connectivity index (χ1) is 9.01. The third-order valence-corrected chi connectivity index (χ3v) is 3.27. The van der Waals surface area contributed by atoms with Crippen molar-refractivity contribution < 1.29 is 9.53 Å². The third-order valence-electron chi connectivity index (χ3n) is 2.54. The SMILES string of the molecule is COc1ccc(C(=O)c2cc(Cl)cc(Cl)c2)cc1Cl. The molecule has 19 heavy (non-hydrogen) atoms. The lowest BCUT2D eigenvalue weighted by Crippen LogP contribution is -2.01. The van der Waals surface area contributed by atoms with E-state index in [4.69, 9.17) is 39.5 Å². The van der Waals surface area contributed by atoms with Crippen LogP contribution in [0.3, 0.4) is 0 Å². The van der Waals surface area contributed by atoms with Crippen molar-refractivity contribution in [1.82, 2.24) is 0 Å². The predicted octanol–water partition coefficient (Wildman–Crippen LogP) is 4.89. The molecule has 0 saturated heterocycles. The molecule has 98 valence electrons. The van der Waals surface area contributed by atoms with Crippen LogP contribution in [0, 0.1) is 0 Å². The number of carbonyl (C=O) groups is 1. The zero-order valence-corrected chi connectivity index (χ0v) is 12.2. The number of methoxy groups -OCH3 is 1. The Labute approximate surface area is 125 Å². The first kappa shape index (κ1) is 14.2. The molecule has 0 atom stereocenters. The Bertz CT molecular complexity index is 618. The molecule has 2 aromatic rings. The molecular formula is C14H9Cl3O2. The van der Waals surface area contributed by atoms with Gasteiger partial charge in [-0.15, -0.1) is 0 Å². The molecule has 0 aromatic heterocycles. The van der Waals surface area contributed by atoms with Crippen LogP contribution in [0.25, 0.3) is 0 Å². The number of carbonyl (C=O) groups excluding carboxylic acids is 1. The minimum atomic E-state index is -0.200. The molecule has 0 unspecified atom stereocenters. The van der Waals surface area contributed by atoms with Crippen LogP contribution in [0.2, 0.25) is 15.1 Å². The van der Waals surface area contributed by atoms with Gasteiger partial charge in [0.2, 0.25) is 0 Å². The molecule has 2 aromatic carbocycles. The zero-order valence-electron chi connectivity index (χ0n) is 9.91. The summed E-state index contributed by atoms with van der Waals surface area (Å²) in [5.41, 5.74) is 0.864. The minimum absolute atomic E-state index is 0.200. The molecule has 0 saturated carbocycles. The van der Waals surface area contributed by atoms with Crippen molar-refractivity contribution in [2.75, 3.05) is 7.11 Å². The molecule has 2 nitrogen and oxygen atoms in total. The second-order valence-corrected chi connectivity index (χ2v) is 5.12. The molecule has 0 aliphatic carbocycles. The van der Waals surface area contributed by atoms with E-state index in [0.29, 0.717) is 31.9 Å². The fraction of sp³-hybridized carbons (Fsp3) is 0.0714. The van der Waals surface area contributed by atoms with Crippen molar-refractivity contribution in [3.8, 4) is 5.75 Å². The molecule has 0 aliphatic heterocycles. The highest BCUT2D eigenvalue weighted by atomic mass is 35.5. The van der Waals surface area contributed by atoms with E-state index in [0.717, 1.165) is 0 Å². The monoisotopic (exact) mass is 314 g/mol. The average molecular weight is 316 g/mol. The summed E-state index contributed by atoms with van der Waals surface area (Å²) in [5.74, 6) is 0.316. The fourth-order valence-electron chi connectivity index (χ4n) is 1.66. The molecule has 5 heteroatoms.